The molecule has 2 heterocycles. The molecule has 0 bridgehead atoms. The molecule has 0 aliphatic carbocycles. The Kier molecular flexibility index (Phi) is 4.16. The van der Waals surface area contributed by atoms with Gasteiger partial charge in [-0.05, 0) is 43.0 Å². The number of carbonyl (C=O) groups excluding carboxylic acids is 1. The van der Waals surface area contributed by atoms with Crippen LogP contribution < -0.4 is 5.32 Å². The molecule has 2 aliphatic heterocycles. The minimum absolute atomic E-state index is 0.321. The van der Waals surface area contributed by atoms with Gasteiger partial charge in [0, 0.05) is 19.5 Å². The van der Waals surface area contributed by atoms with Gasteiger partial charge in [0.25, 0.3) is 0 Å². The summed E-state index contributed by atoms with van der Waals surface area (Å²) in [6.45, 7) is 3.70. The monoisotopic (exact) mass is 270 g/mol. The van der Waals surface area contributed by atoms with Crippen molar-refractivity contribution in [2.45, 2.75) is 19.3 Å². The first-order valence-corrected chi connectivity index (χ1v) is 7.56. The third-order valence-corrected chi connectivity index (χ3v) is 4.33. The molecule has 3 heteroatoms. The third kappa shape index (κ3) is 3.10. The highest BCUT2D eigenvalue weighted by Gasteiger charge is 2.23. The predicted octanol–water partition coefficient (Wildman–Crippen LogP) is 2.30. The van der Waals surface area contributed by atoms with Crippen molar-refractivity contribution in [3.8, 4) is 0 Å². The van der Waals surface area contributed by atoms with Crippen molar-refractivity contribution in [3.63, 3.8) is 0 Å². The second-order valence-electron chi connectivity index (χ2n) is 5.75. The maximum atomic E-state index is 12.3. The van der Waals surface area contributed by atoms with Crippen LogP contribution in [0.3, 0.4) is 0 Å². The lowest BCUT2D eigenvalue weighted by atomic mass is 9.98. The van der Waals surface area contributed by atoms with Crippen LogP contribution in [0.15, 0.2) is 36.4 Å². The standard InChI is InChI=1S/C17H22N2O/c20-17(12-14-6-9-18-13-14)19-10-7-16(8-11-19)15-4-2-1-3-5-15/h1-5,7,14,18H,6,8-13H2. The van der Waals surface area contributed by atoms with Crippen molar-refractivity contribution in [3.05, 3.63) is 42.0 Å². The summed E-state index contributed by atoms with van der Waals surface area (Å²) in [5.41, 5.74) is 2.66. The normalized spacial score (nSPS) is 22.7. The van der Waals surface area contributed by atoms with Gasteiger partial charge in [0.05, 0.1) is 0 Å². The van der Waals surface area contributed by atoms with Crippen LogP contribution in [0.5, 0.6) is 0 Å². The summed E-state index contributed by atoms with van der Waals surface area (Å²) in [6.07, 6.45) is 5.04. The summed E-state index contributed by atoms with van der Waals surface area (Å²) in [6, 6.07) is 10.5. The van der Waals surface area contributed by atoms with E-state index in [0.29, 0.717) is 18.2 Å². The average Bonchev–Trinajstić information content (AvgIpc) is 3.01. The number of rotatable bonds is 3. The van der Waals surface area contributed by atoms with Gasteiger partial charge in [0.1, 0.15) is 0 Å². The Morgan fingerprint density at radius 2 is 2.15 bits per heavy atom. The molecule has 1 aromatic carbocycles. The van der Waals surface area contributed by atoms with Crippen LogP contribution in [-0.2, 0) is 4.79 Å². The van der Waals surface area contributed by atoms with E-state index >= 15 is 0 Å². The zero-order valence-corrected chi connectivity index (χ0v) is 11.8. The van der Waals surface area contributed by atoms with E-state index in [9.17, 15) is 4.79 Å². The van der Waals surface area contributed by atoms with Gasteiger partial charge in [-0.1, -0.05) is 36.4 Å². The molecule has 1 N–H and O–H groups in total. The lowest BCUT2D eigenvalue weighted by molar-refractivity contribution is -0.131. The number of nitrogens with zero attached hydrogens (tertiary/aromatic N) is 1. The molecule has 1 aromatic rings. The van der Waals surface area contributed by atoms with Crippen molar-refractivity contribution in [1.82, 2.24) is 10.2 Å². The minimum Gasteiger partial charge on any atom is -0.339 e. The smallest absolute Gasteiger partial charge is 0.223 e. The summed E-state index contributed by atoms with van der Waals surface area (Å²) in [7, 11) is 0. The summed E-state index contributed by atoms with van der Waals surface area (Å²) in [5.74, 6) is 0.865. The van der Waals surface area contributed by atoms with E-state index in [2.05, 4.69) is 35.7 Å². The van der Waals surface area contributed by atoms with E-state index in [0.717, 1.165) is 39.0 Å². The highest BCUT2D eigenvalue weighted by Crippen LogP contribution is 2.23. The maximum absolute atomic E-state index is 12.3. The number of hydrogen-bond acceptors (Lipinski definition) is 2. The SMILES string of the molecule is O=C(CC1CCNC1)N1CC=C(c2ccccc2)CC1. The molecule has 3 rings (SSSR count). The first kappa shape index (κ1) is 13.4. The van der Waals surface area contributed by atoms with E-state index in [1.165, 1.54) is 11.1 Å². The second-order valence-corrected chi connectivity index (χ2v) is 5.75. The Morgan fingerprint density at radius 1 is 1.30 bits per heavy atom. The summed E-state index contributed by atoms with van der Waals surface area (Å²) in [5, 5.41) is 3.33. The number of carbonyl (C=O) groups is 1. The Morgan fingerprint density at radius 3 is 2.80 bits per heavy atom. The van der Waals surface area contributed by atoms with Crippen LogP contribution in [0.2, 0.25) is 0 Å². The van der Waals surface area contributed by atoms with Crippen LogP contribution >= 0.6 is 0 Å². The molecule has 1 fully saturated rings. The highest BCUT2D eigenvalue weighted by molar-refractivity contribution is 5.78. The fraction of sp³-hybridized carbons (Fsp3) is 0.471. The van der Waals surface area contributed by atoms with Gasteiger partial charge in [-0.2, -0.15) is 0 Å². The van der Waals surface area contributed by atoms with E-state index in [-0.39, 0.29) is 0 Å². The molecule has 0 radical (unpaired) electrons. The van der Waals surface area contributed by atoms with Crippen LogP contribution in [-0.4, -0.2) is 37.0 Å². The van der Waals surface area contributed by atoms with Crippen molar-refractivity contribution in [1.29, 1.82) is 0 Å². The minimum atomic E-state index is 0.321. The third-order valence-electron chi connectivity index (χ3n) is 4.33. The zero-order chi connectivity index (χ0) is 13.8. The summed E-state index contributed by atoms with van der Waals surface area (Å²) < 4.78 is 0. The first-order chi connectivity index (χ1) is 9.83. The van der Waals surface area contributed by atoms with Crippen molar-refractivity contribution >= 4 is 11.5 Å². The van der Waals surface area contributed by atoms with Crippen molar-refractivity contribution in [2.75, 3.05) is 26.2 Å². The molecule has 0 spiro atoms. The molecule has 20 heavy (non-hydrogen) atoms. The number of amides is 1. The Bertz CT molecular complexity index is 489. The number of nitrogens with one attached hydrogen (secondary N) is 1. The largest absolute Gasteiger partial charge is 0.339 e. The molecular formula is C17H22N2O. The number of benzene rings is 1. The van der Waals surface area contributed by atoms with Crippen LogP contribution in [0.25, 0.3) is 5.57 Å². The lowest BCUT2D eigenvalue weighted by Gasteiger charge is -2.27. The fourth-order valence-corrected chi connectivity index (χ4v) is 3.07. The van der Waals surface area contributed by atoms with Crippen molar-refractivity contribution in [2.24, 2.45) is 5.92 Å². The van der Waals surface area contributed by atoms with Crippen LogP contribution in [0, 0.1) is 5.92 Å². The van der Waals surface area contributed by atoms with E-state index in [1.54, 1.807) is 0 Å². The van der Waals surface area contributed by atoms with Crippen molar-refractivity contribution < 1.29 is 4.79 Å². The summed E-state index contributed by atoms with van der Waals surface area (Å²) >= 11 is 0. The maximum Gasteiger partial charge on any atom is 0.223 e. The average molecular weight is 270 g/mol. The second kappa shape index (κ2) is 6.23. The van der Waals surface area contributed by atoms with E-state index in [1.807, 2.05) is 11.0 Å². The Hall–Kier alpha value is -1.61. The molecule has 2 aliphatic rings. The Labute approximate surface area is 120 Å². The van der Waals surface area contributed by atoms with Gasteiger partial charge in [-0.3, -0.25) is 4.79 Å². The van der Waals surface area contributed by atoms with Crippen LogP contribution in [0.1, 0.15) is 24.8 Å². The molecule has 0 aromatic heterocycles. The quantitative estimate of drug-likeness (QED) is 0.914. The lowest BCUT2D eigenvalue weighted by Crippen LogP contribution is -2.35. The van der Waals surface area contributed by atoms with E-state index in [4.69, 9.17) is 0 Å². The predicted molar refractivity (Wildman–Crippen MR) is 81.2 cm³/mol. The molecular weight excluding hydrogens is 248 g/mol. The van der Waals surface area contributed by atoms with Gasteiger partial charge in [-0.15, -0.1) is 0 Å². The summed E-state index contributed by atoms with van der Waals surface area (Å²) in [4.78, 5) is 14.3. The molecule has 1 saturated heterocycles. The topological polar surface area (TPSA) is 32.3 Å². The van der Waals surface area contributed by atoms with Gasteiger partial charge < -0.3 is 10.2 Å². The molecule has 3 nitrogen and oxygen atoms in total. The van der Waals surface area contributed by atoms with Gasteiger partial charge in [-0.25, -0.2) is 0 Å². The molecule has 1 amide bonds. The van der Waals surface area contributed by atoms with Crippen LogP contribution in [0.4, 0.5) is 0 Å². The molecule has 106 valence electrons. The Balaban J connectivity index is 1.57. The first-order valence-electron chi connectivity index (χ1n) is 7.56. The molecule has 1 unspecified atom stereocenters. The van der Waals surface area contributed by atoms with Gasteiger partial charge in [0.2, 0.25) is 5.91 Å². The zero-order valence-electron chi connectivity index (χ0n) is 11.8. The van der Waals surface area contributed by atoms with Gasteiger partial charge in [0.15, 0.2) is 0 Å². The highest BCUT2D eigenvalue weighted by atomic mass is 16.2. The number of hydrogen-bond donors (Lipinski definition) is 1. The van der Waals surface area contributed by atoms with Gasteiger partial charge >= 0.3 is 0 Å². The van der Waals surface area contributed by atoms with E-state index < -0.39 is 0 Å². The fourth-order valence-electron chi connectivity index (χ4n) is 3.07. The molecule has 0 saturated carbocycles. The molecule has 1 atom stereocenters.